The Kier molecular flexibility index (Phi) is 6.28. The Morgan fingerprint density at radius 2 is 1.33 bits per heavy atom. The molecule has 0 unspecified atom stereocenters. The van der Waals surface area contributed by atoms with Crippen molar-refractivity contribution in [1.29, 1.82) is 0 Å². The maximum Gasteiger partial charge on any atom is 0.253 e. The van der Waals surface area contributed by atoms with Gasteiger partial charge in [0, 0.05) is 44.8 Å². The number of hydrogen-bond donors (Lipinski definition) is 0. The lowest BCUT2D eigenvalue weighted by molar-refractivity contribution is -0.131. The maximum absolute atomic E-state index is 13.0. The second-order valence-electron chi connectivity index (χ2n) is 7.74. The first-order chi connectivity index (χ1) is 14.6. The topological polar surface area (TPSA) is 53.1 Å². The van der Waals surface area contributed by atoms with Crippen LogP contribution in [-0.2, 0) is 4.79 Å². The summed E-state index contributed by atoms with van der Waals surface area (Å²) in [4.78, 5) is 31.0. The third-order valence-electron chi connectivity index (χ3n) is 5.63. The Morgan fingerprint density at radius 1 is 0.767 bits per heavy atom. The van der Waals surface area contributed by atoms with E-state index >= 15 is 0 Å². The number of ether oxygens (including phenoxy) is 1. The molecule has 2 aliphatic heterocycles. The van der Waals surface area contributed by atoms with Gasteiger partial charge >= 0.3 is 0 Å². The number of amides is 2. The molecular weight excluding hydrogens is 385 g/mol. The number of benzene rings is 2. The monoisotopic (exact) mass is 411 g/mol. The van der Waals surface area contributed by atoms with E-state index in [0.29, 0.717) is 49.8 Å². The van der Waals surface area contributed by atoms with E-state index in [4.69, 9.17) is 4.74 Å². The minimum Gasteiger partial charge on any atom is -0.457 e. The van der Waals surface area contributed by atoms with Crippen molar-refractivity contribution >= 4 is 11.8 Å². The lowest BCUT2D eigenvalue weighted by Gasteiger charge is -2.35. The minimum absolute atomic E-state index is 0.0196. The first kappa shape index (κ1) is 20.3. The second kappa shape index (κ2) is 9.26. The van der Waals surface area contributed by atoms with Gasteiger partial charge in [0.05, 0.1) is 6.54 Å². The summed E-state index contributed by atoms with van der Waals surface area (Å²) in [6, 6.07) is 12.7. The van der Waals surface area contributed by atoms with E-state index in [1.165, 1.54) is 12.1 Å². The van der Waals surface area contributed by atoms with E-state index < -0.39 is 0 Å². The molecule has 0 bridgehead atoms. The van der Waals surface area contributed by atoms with Crippen molar-refractivity contribution in [3.05, 3.63) is 59.9 Å². The highest BCUT2D eigenvalue weighted by atomic mass is 19.1. The molecule has 2 heterocycles. The van der Waals surface area contributed by atoms with Gasteiger partial charge < -0.3 is 14.5 Å². The van der Waals surface area contributed by atoms with Crippen LogP contribution in [0, 0.1) is 5.82 Å². The van der Waals surface area contributed by atoms with Crippen LogP contribution in [-0.4, -0.2) is 72.3 Å². The number of rotatable bonds is 5. The molecule has 2 aliphatic rings. The molecule has 0 spiro atoms. The fourth-order valence-corrected chi connectivity index (χ4v) is 3.85. The number of piperazine rings is 1. The average Bonchev–Trinajstić information content (AvgIpc) is 3.31. The van der Waals surface area contributed by atoms with Gasteiger partial charge in [-0.25, -0.2) is 4.39 Å². The number of halogens is 1. The molecule has 0 aromatic heterocycles. The van der Waals surface area contributed by atoms with Gasteiger partial charge in [-0.3, -0.25) is 14.5 Å². The van der Waals surface area contributed by atoms with Gasteiger partial charge in [-0.1, -0.05) is 0 Å². The zero-order chi connectivity index (χ0) is 20.9. The largest absolute Gasteiger partial charge is 0.457 e. The number of carbonyl (C=O) groups is 2. The number of nitrogens with zero attached hydrogens (tertiary/aromatic N) is 3. The van der Waals surface area contributed by atoms with Crippen LogP contribution >= 0.6 is 0 Å². The highest BCUT2D eigenvalue weighted by molar-refractivity contribution is 5.94. The predicted octanol–water partition coefficient (Wildman–Crippen LogP) is 3.00. The smallest absolute Gasteiger partial charge is 0.253 e. The Bertz CT molecular complexity index is 872. The lowest BCUT2D eigenvalue weighted by Crippen LogP contribution is -2.51. The van der Waals surface area contributed by atoms with E-state index in [-0.39, 0.29) is 17.6 Å². The van der Waals surface area contributed by atoms with E-state index in [9.17, 15) is 14.0 Å². The molecule has 2 amide bonds. The van der Waals surface area contributed by atoms with Crippen molar-refractivity contribution in [2.24, 2.45) is 0 Å². The summed E-state index contributed by atoms with van der Waals surface area (Å²) in [7, 11) is 0. The maximum atomic E-state index is 13.0. The molecule has 2 aromatic rings. The van der Waals surface area contributed by atoms with E-state index in [1.54, 1.807) is 36.4 Å². The molecule has 0 N–H and O–H groups in total. The number of carbonyl (C=O) groups excluding carboxylic acids is 2. The summed E-state index contributed by atoms with van der Waals surface area (Å²) in [6.07, 6.45) is 2.20. The molecule has 6 nitrogen and oxygen atoms in total. The standard InChI is InChI=1S/C23H26FN3O3/c24-19-5-9-21(10-6-19)30-20-7-3-18(4-8-20)23(29)27-15-13-25(14-16-27)17-22(28)26-11-1-2-12-26/h3-10H,1-2,11-17H2. The van der Waals surface area contributed by atoms with Crippen molar-refractivity contribution < 1.29 is 18.7 Å². The first-order valence-corrected chi connectivity index (χ1v) is 10.4. The van der Waals surface area contributed by atoms with Crippen molar-refractivity contribution in [2.75, 3.05) is 45.8 Å². The SMILES string of the molecule is O=C(CN1CCN(C(=O)c2ccc(Oc3ccc(F)cc3)cc2)CC1)N1CCCC1. The van der Waals surface area contributed by atoms with Crippen LogP contribution in [0.5, 0.6) is 11.5 Å². The first-order valence-electron chi connectivity index (χ1n) is 10.4. The van der Waals surface area contributed by atoms with Crippen LogP contribution < -0.4 is 4.74 Å². The molecule has 2 saturated heterocycles. The highest BCUT2D eigenvalue weighted by Gasteiger charge is 2.25. The molecular formula is C23H26FN3O3. The molecule has 158 valence electrons. The molecule has 2 fully saturated rings. The van der Waals surface area contributed by atoms with Crippen molar-refractivity contribution in [2.45, 2.75) is 12.8 Å². The van der Waals surface area contributed by atoms with Crippen LogP contribution in [0.4, 0.5) is 4.39 Å². The third-order valence-corrected chi connectivity index (χ3v) is 5.63. The molecule has 0 aliphatic carbocycles. The van der Waals surface area contributed by atoms with Gasteiger partial charge in [-0.15, -0.1) is 0 Å². The van der Waals surface area contributed by atoms with Gasteiger partial charge in [-0.05, 0) is 61.4 Å². The van der Waals surface area contributed by atoms with E-state index in [0.717, 1.165) is 25.9 Å². The zero-order valence-corrected chi connectivity index (χ0v) is 16.9. The molecule has 30 heavy (non-hydrogen) atoms. The fourth-order valence-electron chi connectivity index (χ4n) is 3.85. The van der Waals surface area contributed by atoms with Crippen LogP contribution in [0.2, 0.25) is 0 Å². The summed E-state index contributed by atoms with van der Waals surface area (Å²) in [5.41, 5.74) is 0.600. The van der Waals surface area contributed by atoms with Crippen LogP contribution in [0.1, 0.15) is 23.2 Å². The molecule has 0 atom stereocenters. The van der Waals surface area contributed by atoms with Crippen LogP contribution in [0.25, 0.3) is 0 Å². The molecule has 4 rings (SSSR count). The van der Waals surface area contributed by atoms with Crippen LogP contribution in [0.3, 0.4) is 0 Å². The second-order valence-corrected chi connectivity index (χ2v) is 7.74. The van der Waals surface area contributed by atoms with E-state index in [1.807, 2.05) is 9.80 Å². The number of hydrogen-bond acceptors (Lipinski definition) is 4. The summed E-state index contributed by atoms with van der Waals surface area (Å²) in [6.45, 7) is 4.82. The van der Waals surface area contributed by atoms with Gasteiger partial charge in [0.2, 0.25) is 5.91 Å². The van der Waals surface area contributed by atoms with Crippen molar-refractivity contribution in [3.63, 3.8) is 0 Å². The van der Waals surface area contributed by atoms with Gasteiger partial charge in [0.25, 0.3) is 5.91 Å². The van der Waals surface area contributed by atoms with Gasteiger partial charge in [0.15, 0.2) is 0 Å². The van der Waals surface area contributed by atoms with Gasteiger partial charge in [-0.2, -0.15) is 0 Å². The fraction of sp³-hybridized carbons (Fsp3) is 0.391. The Hall–Kier alpha value is -2.93. The Balaban J connectivity index is 1.27. The summed E-state index contributed by atoms with van der Waals surface area (Å²) in [5.74, 6) is 0.986. The highest BCUT2D eigenvalue weighted by Crippen LogP contribution is 2.22. The molecule has 7 heteroatoms. The Morgan fingerprint density at radius 3 is 1.93 bits per heavy atom. The number of likely N-dealkylation sites (tertiary alicyclic amines) is 1. The lowest BCUT2D eigenvalue weighted by atomic mass is 10.1. The summed E-state index contributed by atoms with van der Waals surface area (Å²) < 4.78 is 18.7. The van der Waals surface area contributed by atoms with Gasteiger partial charge in [0.1, 0.15) is 17.3 Å². The predicted molar refractivity (Wildman–Crippen MR) is 111 cm³/mol. The van der Waals surface area contributed by atoms with Crippen molar-refractivity contribution in [1.82, 2.24) is 14.7 Å². The Labute approximate surface area is 175 Å². The average molecular weight is 411 g/mol. The zero-order valence-electron chi connectivity index (χ0n) is 16.9. The third kappa shape index (κ3) is 4.97. The van der Waals surface area contributed by atoms with E-state index in [2.05, 4.69) is 4.90 Å². The summed E-state index contributed by atoms with van der Waals surface area (Å²) in [5, 5.41) is 0. The van der Waals surface area contributed by atoms with Crippen LogP contribution in [0.15, 0.2) is 48.5 Å². The molecule has 2 aromatic carbocycles. The minimum atomic E-state index is -0.316. The van der Waals surface area contributed by atoms with Crippen molar-refractivity contribution in [3.8, 4) is 11.5 Å². The molecule has 0 saturated carbocycles. The quantitative estimate of drug-likeness (QED) is 0.759. The summed E-state index contributed by atoms with van der Waals surface area (Å²) >= 11 is 0. The molecule has 0 radical (unpaired) electrons. The normalized spacial score (nSPS) is 17.2.